The van der Waals surface area contributed by atoms with Crippen molar-refractivity contribution in [2.45, 2.75) is 67.9 Å². The fourth-order valence-electron chi connectivity index (χ4n) is 2.75. The molecule has 1 aromatic rings. The van der Waals surface area contributed by atoms with Gasteiger partial charge in [-0.25, -0.2) is 0 Å². The summed E-state index contributed by atoms with van der Waals surface area (Å²) in [5.41, 5.74) is 4.54. The van der Waals surface area contributed by atoms with Crippen LogP contribution in [0.5, 0.6) is 5.75 Å². The van der Waals surface area contributed by atoms with Crippen LogP contribution in [0.3, 0.4) is 0 Å². The molecule has 4 nitrogen and oxygen atoms in total. The highest BCUT2D eigenvalue weighted by atomic mass is 35.5. The number of methoxy groups -OCH3 is 1. The Morgan fingerprint density at radius 2 is 1.88 bits per heavy atom. The molecule has 0 amide bonds. The summed E-state index contributed by atoms with van der Waals surface area (Å²) in [5.74, 6) is 0.863. The lowest BCUT2D eigenvalue weighted by atomic mass is 10.1. The highest BCUT2D eigenvalue weighted by Gasteiger charge is 2.11. The Bertz CT molecular complexity index is 779. The third kappa shape index (κ3) is 14.5. The van der Waals surface area contributed by atoms with Crippen LogP contribution >= 0.6 is 11.6 Å². The first kappa shape index (κ1) is 32.9. The van der Waals surface area contributed by atoms with Crippen molar-refractivity contribution in [3.05, 3.63) is 76.5 Å². The van der Waals surface area contributed by atoms with Crippen molar-refractivity contribution < 1.29 is 4.74 Å². The average molecular weight is 476 g/mol. The molecular weight excluding hydrogens is 430 g/mol. The topological polar surface area (TPSA) is 36.9 Å². The van der Waals surface area contributed by atoms with E-state index in [2.05, 4.69) is 62.0 Å². The van der Waals surface area contributed by atoms with E-state index in [-0.39, 0.29) is 0 Å². The van der Waals surface area contributed by atoms with Crippen LogP contribution in [0.15, 0.2) is 70.5 Å². The second kappa shape index (κ2) is 21.5. The number of nitrogens with zero attached hydrogens (tertiary/aromatic N) is 2. The highest BCUT2D eigenvalue weighted by Crippen LogP contribution is 2.21. The lowest BCUT2D eigenvalue weighted by molar-refractivity contribution is 0.342. The SMILES string of the molecule is C=C(Cl)\C=C/C(/C=N/N(Cc1ccc(OC)cc1C)/C(=C/C)CCNC)=C\CC.CC.CC. The quantitative estimate of drug-likeness (QED) is 0.189. The van der Waals surface area contributed by atoms with Gasteiger partial charge >= 0.3 is 0 Å². The van der Waals surface area contributed by atoms with Gasteiger partial charge in [-0.15, -0.1) is 0 Å². The molecule has 0 aliphatic heterocycles. The van der Waals surface area contributed by atoms with E-state index >= 15 is 0 Å². The molecule has 0 aliphatic carbocycles. The molecule has 33 heavy (non-hydrogen) atoms. The van der Waals surface area contributed by atoms with Crippen LogP contribution in [0.2, 0.25) is 0 Å². The molecule has 186 valence electrons. The van der Waals surface area contributed by atoms with E-state index in [0.29, 0.717) is 11.6 Å². The average Bonchev–Trinajstić information content (AvgIpc) is 2.84. The summed E-state index contributed by atoms with van der Waals surface area (Å²) in [7, 11) is 3.64. The summed E-state index contributed by atoms with van der Waals surface area (Å²) in [5, 5.41) is 10.6. The summed E-state index contributed by atoms with van der Waals surface area (Å²) in [6.07, 6.45) is 11.6. The van der Waals surface area contributed by atoms with Gasteiger partial charge in [-0.05, 0) is 62.2 Å². The molecule has 0 spiro atoms. The molecule has 0 unspecified atom stereocenters. The second-order valence-corrected chi connectivity index (χ2v) is 7.11. The molecule has 1 N–H and O–H groups in total. The van der Waals surface area contributed by atoms with Gasteiger partial charge in [-0.1, -0.05) is 77.1 Å². The van der Waals surface area contributed by atoms with Crippen molar-refractivity contribution in [1.29, 1.82) is 0 Å². The van der Waals surface area contributed by atoms with Gasteiger partial charge in [0.15, 0.2) is 0 Å². The Labute approximate surface area is 208 Å². The summed E-state index contributed by atoms with van der Waals surface area (Å²) in [4.78, 5) is 0. The summed E-state index contributed by atoms with van der Waals surface area (Å²) in [6, 6.07) is 6.14. The van der Waals surface area contributed by atoms with Crippen molar-refractivity contribution in [3.8, 4) is 5.75 Å². The Hall–Kier alpha value is -2.30. The van der Waals surface area contributed by atoms with Crippen LogP contribution in [-0.4, -0.2) is 31.9 Å². The lowest BCUT2D eigenvalue weighted by Crippen LogP contribution is -2.21. The molecule has 0 fully saturated rings. The van der Waals surface area contributed by atoms with Gasteiger partial charge in [0, 0.05) is 23.7 Å². The van der Waals surface area contributed by atoms with E-state index in [1.165, 1.54) is 11.1 Å². The van der Waals surface area contributed by atoms with Crippen molar-refractivity contribution in [1.82, 2.24) is 10.3 Å². The zero-order chi connectivity index (χ0) is 25.6. The summed E-state index contributed by atoms with van der Waals surface area (Å²) < 4.78 is 5.33. The molecule has 0 aliphatic rings. The van der Waals surface area contributed by atoms with Gasteiger partial charge in [0.2, 0.25) is 0 Å². The maximum absolute atomic E-state index is 5.87. The largest absolute Gasteiger partial charge is 0.497 e. The van der Waals surface area contributed by atoms with Crippen LogP contribution in [0.4, 0.5) is 0 Å². The monoisotopic (exact) mass is 475 g/mol. The fourth-order valence-corrected chi connectivity index (χ4v) is 2.81. The fraction of sp³-hybridized carbons (Fsp3) is 0.464. The molecule has 5 heteroatoms. The van der Waals surface area contributed by atoms with Crippen LogP contribution in [-0.2, 0) is 6.54 Å². The Morgan fingerprint density at radius 3 is 2.36 bits per heavy atom. The van der Waals surface area contributed by atoms with E-state index in [1.807, 2.05) is 53.1 Å². The normalized spacial score (nSPS) is 11.6. The number of halogens is 1. The molecule has 0 heterocycles. The second-order valence-electron chi connectivity index (χ2n) is 6.62. The number of nitrogens with one attached hydrogen (secondary N) is 1. The number of hydrazone groups is 1. The molecule has 1 rings (SSSR count). The van der Waals surface area contributed by atoms with Crippen LogP contribution in [0.25, 0.3) is 0 Å². The predicted octanol–water partition coefficient (Wildman–Crippen LogP) is 8.00. The van der Waals surface area contributed by atoms with Gasteiger partial charge < -0.3 is 10.1 Å². The van der Waals surface area contributed by atoms with Crippen molar-refractivity contribution in [2.24, 2.45) is 5.10 Å². The standard InChI is InChI=1S/C24H34ClN3O.2C2H6/c1-7-9-21(11-10-20(4)25)17-27-28(23(8-2)14-15-26-5)18-22-12-13-24(29-6)16-19(22)3;2*1-2/h8-13,16-17,26H,4,7,14-15,18H2,1-3,5-6H3;2*1-2H3/b11-10-,21-9+,23-8+,27-17+;;. The van der Waals surface area contributed by atoms with E-state index in [1.54, 1.807) is 13.2 Å². The molecule has 0 bridgehead atoms. The third-order valence-corrected chi connectivity index (χ3v) is 4.53. The smallest absolute Gasteiger partial charge is 0.119 e. The van der Waals surface area contributed by atoms with Crippen molar-refractivity contribution in [2.75, 3.05) is 20.7 Å². The minimum atomic E-state index is 0.495. The minimum Gasteiger partial charge on any atom is -0.497 e. The first-order valence-corrected chi connectivity index (χ1v) is 12.3. The number of hydrogen-bond acceptors (Lipinski definition) is 4. The van der Waals surface area contributed by atoms with E-state index in [0.717, 1.165) is 36.4 Å². The van der Waals surface area contributed by atoms with Gasteiger partial charge in [0.05, 0.1) is 19.9 Å². The molecular formula is C28H46ClN3O. The number of rotatable bonds is 12. The van der Waals surface area contributed by atoms with E-state index in [4.69, 9.17) is 21.4 Å². The van der Waals surface area contributed by atoms with E-state index < -0.39 is 0 Å². The van der Waals surface area contributed by atoms with Gasteiger partial charge in [0.1, 0.15) is 5.75 Å². The zero-order valence-corrected chi connectivity index (χ0v) is 23.1. The zero-order valence-electron chi connectivity index (χ0n) is 22.3. The number of aryl methyl sites for hydroxylation is 1. The Morgan fingerprint density at radius 1 is 1.21 bits per heavy atom. The predicted molar refractivity (Wildman–Crippen MR) is 149 cm³/mol. The van der Waals surface area contributed by atoms with Crippen LogP contribution in [0.1, 0.15) is 65.5 Å². The Balaban J connectivity index is 0. The van der Waals surface area contributed by atoms with Crippen LogP contribution in [0, 0.1) is 6.92 Å². The molecule has 1 aromatic carbocycles. The van der Waals surface area contributed by atoms with Gasteiger partial charge in [-0.2, -0.15) is 5.10 Å². The molecule has 0 radical (unpaired) electrons. The Kier molecular flexibility index (Phi) is 21.5. The third-order valence-electron chi connectivity index (χ3n) is 4.41. The van der Waals surface area contributed by atoms with Crippen molar-refractivity contribution in [3.63, 3.8) is 0 Å². The highest BCUT2D eigenvalue weighted by molar-refractivity contribution is 6.30. The minimum absolute atomic E-state index is 0.495. The number of ether oxygens (including phenoxy) is 1. The first-order chi connectivity index (χ1) is 15.9. The summed E-state index contributed by atoms with van der Waals surface area (Å²) >= 11 is 5.87. The number of hydrogen-bond donors (Lipinski definition) is 1. The maximum atomic E-state index is 5.87. The van der Waals surface area contributed by atoms with Crippen molar-refractivity contribution >= 4 is 17.8 Å². The summed E-state index contributed by atoms with van der Waals surface area (Å²) in [6.45, 7) is 19.5. The number of allylic oxidation sites excluding steroid dienone is 6. The first-order valence-electron chi connectivity index (χ1n) is 11.9. The number of benzene rings is 1. The van der Waals surface area contributed by atoms with Gasteiger partial charge in [-0.3, -0.25) is 5.01 Å². The van der Waals surface area contributed by atoms with Crippen LogP contribution < -0.4 is 10.1 Å². The maximum Gasteiger partial charge on any atom is 0.119 e. The molecule has 0 atom stereocenters. The van der Waals surface area contributed by atoms with E-state index in [9.17, 15) is 0 Å². The molecule has 0 saturated heterocycles. The molecule has 0 saturated carbocycles. The lowest BCUT2D eigenvalue weighted by Gasteiger charge is -2.23. The van der Waals surface area contributed by atoms with Gasteiger partial charge in [0.25, 0.3) is 0 Å². The molecule has 0 aromatic heterocycles.